The van der Waals surface area contributed by atoms with E-state index in [9.17, 15) is 38.4 Å². The zero-order chi connectivity index (χ0) is 71.8. The number of carbonyl (C=O) groups is 4. The fourth-order valence-corrected chi connectivity index (χ4v) is 9.49. The number of aliphatic hydroxyl groups excluding tert-OH is 2. The Morgan fingerprint density at radius 1 is 0.480 bits per heavy atom. The van der Waals surface area contributed by atoms with Gasteiger partial charge in [0.2, 0.25) is 0 Å². The van der Waals surface area contributed by atoms with Gasteiger partial charge < -0.3 is 36.6 Å². The molecule has 0 aliphatic rings. The van der Waals surface area contributed by atoms with Crippen LogP contribution in [0.1, 0.15) is 82.9 Å². The van der Waals surface area contributed by atoms with E-state index in [1.165, 1.54) is 92.0 Å². The lowest BCUT2D eigenvalue weighted by atomic mass is 10.2. The first kappa shape index (κ1) is 75.1. The summed E-state index contributed by atoms with van der Waals surface area (Å²) in [5.74, 6) is 3.29. The van der Waals surface area contributed by atoms with Crippen molar-refractivity contribution in [3.8, 4) is 11.8 Å². The van der Waals surface area contributed by atoms with E-state index in [4.69, 9.17) is 55.5 Å². The van der Waals surface area contributed by atoms with E-state index < -0.39 is 45.9 Å². The number of hydrogen-bond donors (Lipinski definition) is 6. The number of ether oxygens (including phenoxy) is 1. The Kier molecular flexibility index (Phi) is 27.7. The van der Waals surface area contributed by atoms with E-state index in [2.05, 4.69) is 125 Å². The van der Waals surface area contributed by atoms with Crippen LogP contribution >= 0.6 is 82.6 Å². The molecule has 0 aliphatic carbocycles. The van der Waals surface area contributed by atoms with E-state index in [0.29, 0.717) is 75.8 Å². The number of halogens is 6. The fraction of sp³-hybridized carbons (Fsp3) is 0.138. The molecule has 0 atom stereocenters. The number of amides is 3. The van der Waals surface area contributed by atoms with Gasteiger partial charge in [-0.15, -0.1) is 0 Å². The third-order valence-corrected chi connectivity index (χ3v) is 15.2. The number of fused-ring (bicyclic) bond motifs is 4. The molecule has 0 bridgehead atoms. The van der Waals surface area contributed by atoms with Crippen molar-refractivity contribution < 1.29 is 34.1 Å². The SMILES string of the molecule is CCOC(=O)c1cnc2cnc(Br)cn2c1=O.Nc1cnc(Br)cn1.O=C(NCc1ccc(Cl)cc1)c1cnc2cnc(Br)cn2c1=O.O=C(NCc1ccc(Cl)cc1)c1cnc2cnc(C#CCO)cn2c1=O.O=C(NCc1ccc(Cl)cc1)c1cnc2cnc(CCCO)cn2c1=O. The minimum absolute atomic E-state index is 0.0328. The van der Waals surface area contributed by atoms with Crippen LogP contribution in [0.5, 0.6) is 0 Å². The van der Waals surface area contributed by atoms with Gasteiger partial charge >= 0.3 is 5.97 Å². The van der Waals surface area contributed by atoms with Gasteiger partial charge in [0.25, 0.3) is 40.0 Å². The number of aromatic nitrogens is 14. The van der Waals surface area contributed by atoms with Gasteiger partial charge in [0, 0.05) is 90.9 Å². The van der Waals surface area contributed by atoms with E-state index in [1.807, 2.05) is 0 Å². The molecular formula is C65H52Br3Cl3N18O11. The summed E-state index contributed by atoms with van der Waals surface area (Å²) < 4.78 is 11.4. The molecule has 12 aromatic rings. The Bertz CT molecular complexity index is 5240. The summed E-state index contributed by atoms with van der Waals surface area (Å²) in [6.07, 6.45) is 20.6. The number of esters is 1. The number of hydrogen-bond acceptors (Lipinski definition) is 22. The molecule has 35 heteroatoms. The number of carbonyl (C=O) groups excluding carboxylic acids is 4. The highest BCUT2D eigenvalue weighted by molar-refractivity contribution is 9.11. The Hall–Kier alpha value is -10.6. The summed E-state index contributed by atoms with van der Waals surface area (Å²) in [4.78, 5) is 138. The van der Waals surface area contributed by atoms with Crippen LogP contribution in [0.15, 0.2) is 193 Å². The van der Waals surface area contributed by atoms with Gasteiger partial charge in [0.15, 0.2) is 22.6 Å². The molecule has 0 saturated carbocycles. The first-order valence-corrected chi connectivity index (χ1v) is 32.6. The first-order valence-electron chi connectivity index (χ1n) is 29.1. The van der Waals surface area contributed by atoms with Crippen molar-refractivity contribution in [1.82, 2.24) is 83.4 Å². The molecule has 0 saturated heterocycles. The molecule has 12 rings (SSSR count). The molecule has 0 radical (unpaired) electrons. The van der Waals surface area contributed by atoms with Gasteiger partial charge in [0.05, 0.1) is 49.5 Å². The molecule has 0 unspecified atom stereocenters. The molecule has 0 fully saturated rings. The van der Waals surface area contributed by atoms with Crippen LogP contribution in [-0.4, -0.2) is 121 Å². The normalized spacial score (nSPS) is 10.4. The molecule has 7 N–H and O–H groups in total. The minimum atomic E-state index is -0.674. The molecule has 0 aliphatic heterocycles. The quantitative estimate of drug-likeness (QED) is 0.0476. The number of nitrogen functional groups attached to an aromatic ring is 1. The summed E-state index contributed by atoms with van der Waals surface area (Å²) in [5, 5.41) is 27.6. The standard InChI is InChI=1S/C18H17ClN4O3.C18H13ClN4O3.C15H10BrClN4O2.C10H8BrN3O3.C4H4BrN3/c2*19-13-5-3-12(4-6-13)8-22-17(25)15-9-21-16-10-20-14(2-1-7-24)11-23(16)18(15)26;16-12-8-21-13(7-18-12)19-6-11(15(21)23)14(22)20-5-9-1-3-10(17)4-2-9;1-2-17-10(16)6-3-13-8-4-12-7(11)5-14(8)9(6)15;5-3-1-8-4(6)2-7-3/h3-6,9-11,24H,1-2,7-8H2,(H,22,25);3-6,9-11,24H,7-8H2,(H,22,25);1-4,6-8H,5H2,(H,20,22);3-5H,2H2,1H3;1-2H,(H2,6,8). The number of nitrogens with two attached hydrogens (primary N) is 1. The first-order chi connectivity index (χ1) is 48.1. The van der Waals surface area contributed by atoms with Crippen LogP contribution in [0.2, 0.25) is 15.1 Å². The van der Waals surface area contributed by atoms with E-state index in [0.717, 1.165) is 16.7 Å². The second-order valence-corrected chi connectivity index (χ2v) is 23.8. The monoisotopic (exact) mass is 1600 g/mol. The Labute approximate surface area is 605 Å². The third-order valence-electron chi connectivity index (χ3n) is 13.2. The fourth-order valence-electron chi connectivity index (χ4n) is 8.30. The number of nitrogens with zero attached hydrogens (tertiary/aromatic N) is 14. The van der Waals surface area contributed by atoms with Crippen molar-refractivity contribution in [2.75, 3.05) is 25.6 Å². The number of anilines is 1. The van der Waals surface area contributed by atoms with E-state index in [1.54, 1.807) is 92.1 Å². The smallest absolute Gasteiger partial charge is 0.345 e. The highest BCUT2D eigenvalue weighted by atomic mass is 79.9. The van der Waals surface area contributed by atoms with Crippen molar-refractivity contribution in [2.24, 2.45) is 0 Å². The van der Waals surface area contributed by atoms with E-state index >= 15 is 0 Å². The molecular weight excluding hydrogens is 1550 g/mol. The lowest BCUT2D eigenvalue weighted by molar-refractivity contribution is 0.0523. The minimum Gasteiger partial charge on any atom is -0.462 e. The number of rotatable bonds is 14. The van der Waals surface area contributed by atoms with Crippen molar-refractivity contribution in [3.63, 3.8) is 0 Å². The van der Waals surface area contributed by atoms with Crippen molar-refractivity contribution >= 4 is 135 Å². The molecule has 3 aromatic carbocycles. The van der Waals surface area contributed by atoms with E-state index in [-0.39, 0.29) is 67.4 Å². The van der Waals surface area contributed by atoms with Crippen LogP contribution < -0.4 is 43.9 Å². The molecule has 29 nitrogen and oxygen atoms in total. The molecule has 9 heterocycles. The van der Waals surface area contributed by atoms with Crippen molar-refractivity contribution in [1.29, 1.82) is 0 Å². The summed E-state index contributed by atoms with van der Waals surface area (Å²) in [6.45, 7) is 2.42. The lowest BCUT2D eigenvalue weighted by Crippen LogP contribution is -2.31. The Morgan fingerprint density at radius 2 is 0.860 bits per heavy atom. The van der Waals surface area contributed by atoms with Gasteiger partial charge in [-0.2, -0.15) is 0 Å². The maximum absolute atomic E-state index is 12.6. The molecule has 510 valence electrons. The van der Waals surface area contributed by atoms with Gasteiger partial charge in [-0.1, -0.05) is 77.1 Å². The average molecular weight is 1610 g/mol. The summed E-state index contributed by atoms with van der Waals surface area (Å²) >= 11 is 26.9. The van der Waals surface area contributed by atoms with Gasteiger partial charge in [-0.3, -0.25) is 56.1 Å². The number of benzene rings is 3. The summed E-state index contributed by atoms with van der Waals surface area (Å²) in [6, 6.07) is 21.1. The van der Waals surface area contributed by atoms with Crippen LogP contribution in [-0.2, 0) is 30.8 Å². The highest BCUT2D eigenvalue weighted by Crippen LogP contribution is 2.14. The zero-order valence-electron chi connectivity index (χ0n) is 51.8. The molecule has 9 aromatic heterocycles. The van der Waals surface area contributed by atoms with Crippen molar-refractivity contribution in [2.45, 2.75) is 39.4 Å². The second kappa shape index (κ2) is 36.8. The lowest BCUT2D eigenvalue weighted by Gasteiger charge is -2.07. The summed E-state index contributed by atoms with van der Waals surface area (Å²) in [5.41, 5.74) is 7.96. The van der Waals surface area contributed by atoms with Crippen molar-refractivity contribution in [3.05, 3.63) is 280 Å². The predicted molar refractivity (Wildman–Crippen MR) is 380 cm³/mol. The molecule has 3 amide bonds. The predicted octanol–water partition coefficient (Wildman–Crippen LogP) is 6.90. The average Bonchev–Trinajstić information content (AvgIpc) is 0.842. The molecule has 0 spiro atoms. The Morgan fingerprint density at radius 3 is 1.25 bits per heavy atom. The Balaban J connectivity index is 0.000000165. The van der Waals surface area contributed by atoms with Crippen LogP contribution in [0.3, 0.4) is 0 Å². The van der Waals surface area contributed by atoms with Gasteiger partial charge in [-0.05, 0) is 127 Å². The number of aryl methyl sites for hydroxylation is 1. The number of aliphatic hydroxyl groups is 2. The van der Waals surface area contributed by atoms with Crippen LogP contribution in [0.4, 0.5) is 5.82 Å². The van der Waals surface area contributed by atoms with Crippen LogP contribution in [0.25, 0.3) is 22.6 Å². The third kappa shape index (κ3) is 21.2. The maximum Gasteiger partial charge on any atom is 0.345 e. The highest BCUT2D eigenvalue weighted by Gasteiger charge is 2.18. The topological polar surface area (TPSA) is 395 Å². The summed E-state index contributed by atoms with van der Waals surface area (Å²) in [7, 11) is 0. The van der Waals surface area contributed by atoms with Gasteiger partial charge in [-0.25, -0.2) is 49.7 Å². The largest absolute Gasteiger partial charge is 0.462 e. The molecule has 100 heavy (non-hydrogen) atoms. The van der Waals surface area contributed by atoms with Gasteiger partial charge in [0.1, 0.15) is 54.2 Å². The zero-order valence-corrected chi connectivity index (χ0v) is 58.9. The number of nitrogens with one attached hydrogen (secondary N) is 3. The van der Waals surface area contributed by atoms with Crippen LogP contribution in [0, 0.1) is 11.8 Å². The maximum atomic E-state index is 12.6. The second-order valence-electron chi connectivity index (χ2n) is 20.1.